The van der Waals surface area contributed by atoms with Gasteiger partial charge in [0.05, 0.1) is 13.7 Å². The van der Waals surface area contributed by atoms with Crippen molar-refractivity contribution in [3.8, 4) is 5.75 Å². The normalized spacial score (nSPS) is 18.6. The van der Waals surface area contributed by atoms with Crippen molar-refractivity contribution < 1.29 is 18.7 Å². The Morgan fingerprint density at radius 3 is 3.10 bits per heavy atom. The van der Waals surface area contributed by atoms with E-state index in [-0.39, 0.29) is 11.7 Å². The van der Waals surface area contributed by atoms with Gasteiger partial charge in [-0.05, 0) is 24.1 Å². The van der Waals surface area contributed by atoms with Crippen molar-refractivity contribution in [1.82, 2.24) is 10.6 Å². The molecule has 1 aliphatic rings. The molecular formula is C14H19FN2O3. The number of rotatable bonds is 5. The first-order chi connectivity index (χ1) is 9.70. The third-order valence-electron chi connectivity index (χ3n) is 3.15. The van der Waals surface area contributed by atoms with E-state index in [4.69, 9.17) is 9.47 Å². The number of benzene rings is 1. The molecule has 1 fully saturated rings. The molecule has 1 aliphatic heterocycles. The van der Waals surface area contributed by atoms with E-state index in [0.29, 0.717) is 26.1 Å². The number of morpholine rings is 1. The number of methoxy groups -OCH3 is 1. The summed E-state index contributed by atoms with van der Waals surface area (Å²) in [6.07, 6.45) is 0.128. The molecule has 1 heterocycles. The van der Waals surface area contributed by atoms with E-state index < -0.39 is 11.9 Å². The minimum atomic E-state index is -0.434. The summed E-state index contributed by atoms with van der Waals surface area (Å²) in [5, 5.41) is 5.89. The molecule has 1 aromatic carbocycles. The Morgan fingerprint density at radius 2 is 2.45 bits per heavy atom. The van der Waals surface area contributed by atoms with Crippen molar-refractivity contribution in [3.05, 3.63) is 29.6 Å². The fourth-order valence-electron chi connectivity index (χ4n) is 2.04. The zero-order chi connectivity index (χ0) is 14.4. The largest absolute Gasteiger partial charge is 0.494 e. The van der Waals surface area contributed by atoms with Gasteiger partial charge >= 0.3 is 0 Å². The molecule has 20 heavy (non-hydrogen) atoms. The molecule has 5 nitrogen and oxygen atoms in total. The molecule has 1 amide bonds. The molecule has 0 spiro atoms. The standard InChI is InChI=1S/C14H19FN2O3/c1-19-12-3-2-10(8-11(12)15)4-5-17-14(18)13-9-16-6-7-20-13/h2-3,8,13,16H,4-7,9H2,1H3,(H,17,18). The number of nitrogens with one attached hydrogen (secondary N) is 2. The molecule has 0 radical (unpaired) electrons. The average molecular weight is 282 g/mol. The van der Waals surface area contributed by atoms with Crippen LogP contribution in [-0.2, 0) is 16.0 Å². The van der Waals surface area contributed by atoms with Crippen LogP contribution in [0.25, 0.3) is 0 Å². The van der Waals surface area contributed by atoms with E-state index in [0.717, 1.165) is 12.1 Å². The highest BCUT2D eigenvalue weighted by Crippen LogP contribution is 2.17. The maximum absolute atomic E-state index is 13.5. The topological polar surface area (TPSA) is 59.6 Å². The number of hydrogen-bond donors (Lipinski definition) is 2. The molecule has 2 rings (SSSR count). The lowest BCUT2D eigenvalue weighted by molar-refractivity contribution is -0.134. The minimum Gasteiger partial charge on any atom is -0.494 e. The van der Waals surface area contributed by atoms with E-state index in [1.165, 1.54) is 13.2 Å². The molecule has 1 aromatic rings. The van der Waals surface area contributed by atoms with Gasteiger partial charge in [0.15, 0.2) is 11.6 Å². The number of carbonyl (C=O) groups excluding carboxylic acids is 1. The molecule has 1 unspecified atom stereocenters. The lowest BCUT2D eigenvalue weighted by Crippen LogP contribution is -2.48. The maximum Gasteiger partial charge on any atom is 0.250 e. The van der Waals surface area contributed by atoms with Gasteiger partial charge in [-0.3, -0.25) is 4.79 Å². The van der Waals surface area contributed by atoms with E-state index in [2.05, 4.69) is 10.6 Å². The predicted octanol–water partition coefficient (Wildman–Crippen LogP) is 0.481. The van der Waals surface area contributed by atoms with Gasteiger partial charge < -0.3 is 20.1 Å². The molecule has 1 saturated heterocycles. The van der Waals surface area contributed by atoms with Gasteiger partial charge in [-0.1, -0.05) is 6.07 Å². The monoisotopic (exact) mass is 282 g/mol. The molecule has 0 aliphatic carbocycles. The smallest absolute Gasteiger partial charge is 0.250 e. The Morgan fingerprint density at radius 1 is 1.60 bits per heavy atom. The lowest BCUT2D eigenvalue weighted by atomic mass is 10.1. The number of amides is 1. The zero-order valence-electron chi connectivity index (χ0n) is 11.4. The van der Waals surface area contributed by atoms with Gasteiger partial charge in [-0.25, -0.2) is 4.39 Å². The van der Waals surface area contributed by atoms with Gasteiger partial charge in [-0.15, -0.1) is 0 Å². The molecule has 6 heteroatoms. The quantitative estimate of drug-likeness (QED) is 0.825. The number of hydrogen-bond acceptors (Lipinski definition) is 4. The van der Waals surface area contributed by atoms with Crippen LogP contribution in [0.1, 0.15) is 5.56 Å². The van der Waals surface area contributed by atoms with Crippen molar-refractivity contribution >= 4 is 5.91 Å². The van der Waals surface area contributed by atoms with Crippen LogP contribution in [0.2, 0.25) is 0 Å². The molecule has 1 atom stereocenters. The van der Waals surface area contributed by atoms with E-state index in [9.17, 15) is 9.18 Å². The van der Waals surface area contributed by atoms with Crippen molar-refractivity contribution in [3.63, 3.8) is 0 Å². The maximum atomic E-state index is 13.5. The number of halogens is 1. The van der Waals surface area contributed by atoms with Crippen LogP contribution in [0, 0.1) is 5.82 Å². The second-order valence-corrected chi connectivity index (χ2v) is 4.57. The fourth-order valence-corrected chi connectivity index (χ4v) is 2.04. The van der Waals surface area contributed by atoms with E-state index in [1.54, 1.807) is 12.1 Å². The first-order valence-electron chi connectivity index (χ1n) is 6.63. The summed E-state index contributed by atoms with van der Waals surface area (Å²) >= 11 is 0. The van der Waals surface area contributed by atoms with Crippen LogP contribution >= 0.6 is 0 Å². The highest BCUT2D eigenvalue weighted by molar-refractivity contribution is 5.81. The first kappa shape index (κ1) is 14.7. The van der Waals surface area contributed by atoms with Crippen LogP contribution in [-0.4, -0.2) is 45.4 Å². The van der Waals surface area contributed by atoms with Crippen LogP contribution in [0.5, 0.6) is 5.75 Å². The third-order valence-corrected chi connectivity index (χ3v) is 3.15. The molecule has 0 aromatic heterocycles. The summed E-state index contributed by atoms with van der Waals surface area (Å²) in [6.45, 7) is 2.30. The summed E-state index contributed by atoms with van der Waals surface area (Å²) in [5.41, 5.74) is 0.811. The van der Waals surface area contributed by atoms with Crippen molar-refractivity contribution in [2.45, 2.75) is 12.5 Å². The minimum absolute atomic E-state index is 0.133. The molecule has 2 N–H and O–H groups in total. The Hall–Kier alpha value is -1.66. The number of carbonyl (C=O) groups is 1. The van der Waals surface area contributed by atoms with Crippen molar-refractivity contribution in [1.29, 1.82) is 0 Å². The van der Waals surface area contributed by atoms with E-state index >= 15 is 0 Å². The Labute approximate surface area is 117 Å². The number of ether oxygens (including phenoxy) is 2. The van der Waals surface area contributed by atoms with Gasteiger partial charge in [-0.2, -0.15) is 0 Å². The highest BCUT2D eigenvalue weighted by Gasteiger charge is 2.20. The molecular weight excluding hydrogens is 263 g/mol. The van der Waals surface area contributed by atoms with Crippen LogP contribution in [0.4, 0.5) is 4.39 Å². The molecule has 0 saturated carbocycles. The van der Waals surface area contributed by atoms with Crippen LogP contribution in [0.15, 0.2) is 18.2 Å². The second-order valence-electron chi connectivity index (χ2n) is 4.57. The van der Waals surface area contributed by atoms with Crippen molar-refractivity contribution in [2.24, 2.45) is 0 Å². The van der Waals surface area contributed by atoms with Gasteiger partial charge in [0.2, 0.25) is 5.91 Å². The van der Waals surface area contributed by atoms with Gasteiger partial charge in [0, 0.05) is 19.6 Å². The predicted molar refractivity (Wildman–Crippen MR) is 72.3 cm³/mol. The van der Waals surface area contributed by atoms with Crippen LogP contribution in [0.3, 0.4) is 0 Å². The molecule has 110 valence electrons. The SMILES string of the molecule is COc1ccc(CCNC(=O)C2CNCCO2)cc1F. The third kappa shape index (κ3) is 3.91. The summed E-state index contributed by atoms with van der Waals surface area (Å²) in [4.78, 5) is 11.8. The van der Waals surface area contributed by atoms with Gasteiger partial charge in [0.25, 0.3) is 0 Å². The van der Waals surface area contributed by atoms with Crippen LogP contribution < -0.4 is 15.4 Å². The Kier molecular flexibility index (Phi) is 5.31. The Bertz CT molecular complexity index is 462. The molecule has 0 bridgehead atoms. The summed E-state index contributed by atoms with van der Waals surface area (Å²) in [6, 6.07) is 4.79. The van der Waals surface area contributed by atoms with E-state index in [1.807, 2.05) is 0 Å². The Balaban J connectivity index is 1.77. The van der Waals surface area contributed by atoms with Crippen molar-refractivity contribution in [2.75, 3.05) is 33.4 Å². The summed E-state index contributed by atoms with van der Waals surface area (Å²) < 4.78 is 23.7. The highest BCUT2D eigenvalue weighted by atomic mass is 19.1. The van der Waals surface area contributed by atoms with Gasteiger partial charge in [0.1, 0.15) is 6.10 Å². The fraction of sp³-hybridized carbons (Fsp3) is 0.500. The summed E-state index contributed by atoms with van der Waals surface area (Å²) in [7, 11) is 1.43. The zero-order valence-corrected chi connectivity index (χ0v) is 11.4. The second kappa shape index (κ2) is 7.21. The lowest BCUT2D eigenvalue weighted by Gasteiger charge is -2.22. The summed E-state index contributed by atoms with van der Waals surface area (Å²) in [5.74, 6) is -0.304. The average Bonchev–Trinajstić information content (AvgIpc) is 2.48. The first-order valence-corrected chi connectivity index (χ1v) is 6.63.